The monoisotopic (exact) mass is 345 g/mol. The summed E-state index contributed by atoms with van der Waals surface area (Å²) in [6.07, 6.45) is 0. The summed E-state index contributed by atoms with van der Waals surface area (Å²) in [4.78, 5) is 0.0519. The molecule has 0 aliphatic heterocycles. The third-order valence-electron chi connectivity index (χ3n) is 2.76. The number of nitrogens with two attached hydrogens (primary N) is 1. The molecule has 0 fully saturated rings. The Labute approximate surface area is 133 Å². The van der Waals surface area contributed by atoms with Crippen LogP contribution in [0.4, 0.5) is 17.1 Å². The van der Waals surface area contributed by atoms with Crippen LogP contribution in [-0.2, 0) is 10.0 Å². The summed E-state index contributed by atoms with van der Waals surface area (Å²) < 4.78 is 26.3. The SMILES string of the molecule is CNS(=O)(=O)c1cc(N)ccc1Nc1ccc(Cl)c(Cl)c1. The van der Waals surface area contributed by atoms with Gasteiger partial charge in [-0.3, -0.25) is 0 Å². The number of halogens is 2. The average molecular weight is 346 g/mol. The van der Waals surface area contributed by atoms with Gasteiger partial charge < -0.3 is 11.1 Å². The van der Waals surface area contributed by atoms with E-state index in [0.29, 0.717) is 27.1 Å². The minimum atomic E-state index is -3.64. The first kappa shape index (κ1) is 15.9. The fourth-order valence-electron chi connectivity index (χ4n) is 1.70. The van der Waals surface area contributed by atoms with Gasteiger partial charge in [0.1, 0.15) is 4.90 Å². The predicted octanol–water partition coefficient (Wildman–Crippen LogP) is 3.23. The van der Waals surface area contributed by atoms with Crippen molar-refractivity contribution in [2.75, 3.05) is 18.1 Å². The fraction of sp³-hybridized carbons (Fsp3) is 0.0769. The van der Waals surface area contributed by atoms with E-state index < -0.39 is 10.0 Å². The summed E-state index contributed by atoms with van der Waals surface area (Å²) >= 11 is 11.8. The van der Waals surface area contributed by atoms with Crippen molar-refractivity contribution in [3.63, 3.8) is 0 Å². The van der Waals surface area contributed by atoms with Gasteiger partial charge in [-0.1, -0.05) is 23.2 Å². The maximum Gasteiger partial charge on any atom is 0.242 e. The first-order valence-corrected chi connectivity index (χ1v) is 8.12. The third kappa shape index (κ3) is 3.59. The highest BCUT2D eigenvalue weighted by molar-refractivity contribution is 7.89. The Morgan fingerprint density at radius 1 is 1.05 bits per heavy atom. The number of benzene rings is 2. The Morgan fingerprint density at radius 2 is 1.76 bits per heavy atom. The van der Waals surface area contributed by atoms with Crippen LogP contribution in [0.5, 0.6) is 0 Å². The molecule has 2 rings (SSSR count). The molecule has 0 unspecified atom stereocenters. The van der Waals surface area contributed by atoms with Gasteiger partial charge in [0.15, 0.2) is 0 Å². The molecule has 0 saturated carbocycles. The molecule has 0 amide bonds. The van der Waals surface area contributed by atoms with E-state index in [0.717, 1.165) is 0 Å². The van der Waals surface area contributed by atoms with E-state index in [1.165, 1.54) is 13.1 Å². The molecule has 8 heteroatoms. The van der Waals surface area contributed by atoms with Gasteiger partial charge in [0.05, 0.1) is 15.7 Å². The highest BCUT2D eigenvalue weighted by Crippen LogP contribution is 2.30. The number of hydrogen-bond donors (Lipinski definition) is 3. The summed E-state index contributed by atoms with van der Waals surface area (Å²) in [5, 5.41) is 3.78. The van der Waals surface area contributed by atoms with Crippen LogP contribution in [-0.4, -0.2) is 15.5 Å². The number of hydrogen-bond acceptors (Lipinski definition) is 4. The molecule has 112 valence electrons. The molecule has 0 aliphatic carbocycles. The second kappa shape index (κ2) is 6.11. The lowest BCUT2D eigenvalue weighted by Crippen LogP contribution is -2.20. The Kier molecular flexibility index (Phi) is 4.63. The lowest BCUT2D eigenvalue weighted by Gasteiger charge is -2.13. The lowest BCUT2D eigenvalue weighted by molar-refractivity contribution is 0.588. The molecule has 0 heterocycles. The quantitative estimate of drug-likeness (QED) is 0.742. The molecule has 0 bridgehead atoms. The van der Waals surface area contributed by atoms with Gasteiger partial charge in [0.25, 0.3) is 0 Å². The average Bonchev–Trinajstić information content (AvgIpc) is 2.44. The summed E-state index contributed by atoms with van der Waals surface area (Å²) in [7, 11) is -2.31. The van der Waals surface area contributed by atoms with Crippen molar-refractivity contribution in [1.82, 2.24) is 4.72 Å². The predicted molar refractivity (Wildman–Crippen MR) is 86.8 cm³/mol. The Balaban J connectivity index is 2.47. The highest BCUT2D eigenvalue weighted by atomic mass is 35.5. The summed E-state index contributed by atoms with van der Waals surface area (Å²) in [5.74, 6) is 0. The van der Waals surface area contributed by atoms with E-state index in [1.807, 2.05) is 0 Å². The molecular formula is C13H13Cl2N3O2S. The van der Waals surface area contributed by atoms with E-state index in [2.05, 4.69) is 10.0 Å². The normalized spacial score (nSPS) is 11.4. The zero-order chi connectivity index (χ0) is 15.6. The van der Waals surface area contributed by atoms with Crippen LogP contribution in [0, 0.1) is 0 Å². The van der Waals surface area contributed by atoms with Crippen molar-refractivity contribution in [3.05, 3.63) is 46.4 Å². The van der Waals surface area contributed by atoms with Crippen molar-refractivity contribution in [2.24, 2.45) is 0 Å². The molecule has 0 saturated heterocycles. The van der Waals surface area contributed by atoms with E-state index in [-0.39, 0.29) is 4.90 Å². The van der Waals surface area contributed by atoms with E-state index in [9.17, 15) is 8.42 Å². The standard InChI is InChI=1S/C13H13Cl2N3O2S/c1-17-21(19,20)13-6-8(16)2-5-12(13)18-9-3-4-10(14)11(15)7-9/h2-7,17-18H,16H2,1H3. The smallest absolute Gasteiger partial charge is 0.242 e. The summed E-state index contributed by atoms with van der Waals surface area (Å²) in [6, 6.07) is 9.49. The van der Waals surface area contributed by atoms with Crippen LogP contribution in [0.25, 0.3) is 0 Å². The van der Waals surface area contributed by atoms with Crippen molar-refractivity contribution < 1.29 is 8.42 Å². The van der Waals surface area contributed by atoms with Gasteiger partial charge in [-0.15, -0.1) is 0 Å². The Morgan fingerprint density at radius 3 is 2.38 bits per heavy atom. The van der Waals surface area contributed by atoms with Crippen LogP contribution in [0.1, 0.15) is 0 Å². The summed E-state index contributed by atoms with van der Waals surface area (Å²) in [6.45, 7) is 0. The van der Waals surface area contributed by atoms with Crippen molar-refractivity contribution in [3.8, 4) is 0 Å². The van der Waals surface area contributed by atoms with Gasteiger partial charge in [0.2, 0.25) is 10.0 Å². The van der Waals surface area contributed by atoms with Crippen LogP contribution < -0.4 is 15.8 Å². The molecule has 21 heavy (non-hydrogen) atoms. The molecule has 0 spiro atoms. The van der Waals surface area contributed by atoms with Gasteiger partial charge in [0, 0.05) is 11.4 Å². The van der Waals surface area contributed by atoms with Gasteiger partial charge in [-0.05, 0) is 43.4 Å². The van der Waals surface area contributed by atoms with Crippen LogP contribution >= 0.6 is 23.2 Å². The molecule has 2 aromatic rings. The number of anilines is 3. The summed E-state index contributed by atoms with van der Waals surface area (Å²) in [5.41, 5.74) is 7.01. The van der Waals surface area contributed by atoms with Crippen molar-refractivity contribution >= 4 is 50.3 Å². The van der Waals surface area contributed by atoms with E-state index in [4.69, 9.17) is 28.9 Å². The number of nitrogen functional groups attached to an aromatic ring is 1. The van der Waals surface area contributed by atoms with Crippen LogP contribution in [0.15, 0.2) is 41.3 Å². The maximum absolute atomic E-state index is 12.0. The second-order valence-corrected chi connectivity index (χ2v) is 6.89. The number of rotatable bonds is 4. The third-order valence-corrected chi connectivity index (χ3v) is 4.96. The Hall–Kier alpha value is -1.47. The maximum atomic E-state index is 12.0. The van der Waals surface area contributed by atoms with E-state index >= 15 is 0 Å². The first-order chi connectivity index (χ1) is 9.83. The molecule has 0 atom stereocenters. The molecule has 5 nitrogen and oxygen atoms in total. The number of sulfonamides is 1. The lowest BCUT2D eigenvalue weighted by atomic mass is 10.2. The topological polar surface area (TPSA) is 84.2 Å². The van der Waals surface area contributed by atoms with Gasteiger partial charge in [-0.2, -0.15) is 0 Å². The molecule has 0 aromatic heterocycles. The van der Waals surface area contributed by atoms with Gasteiger partial charge >= 0.3 is 0 Å². The zero-order valence-electron chi connectivity index (χ0n) is 11.0. The van der Waals surface area contributed by atoms with Crippen LogP contribution in [0.2, 0.25) is 10.0 Å². The van der Waals surface area contributed by atoms with Crippen LogP contribution in [0.3, 0.4) is 0 Å². The minimum absolute atomic E-state index is 0.0519. The molecule has 0 radical (unpaired) electrons. The molecule has 4 N–H and O–H groups in total. The second-order valence-electron chi connectivity index (χ2n) is 4.22. The molecule has 2 aromatic carbocycles. The number of nitrogens with one attached hydrogen (secondary N) is 2. The molecule has 0 aliphatic rings. The zero-order valence-corrected chi connectivity index (χ0v) is 13.4. The first-order valence-electron chi connectivity index (χ1n) is 5.88. The van der Waals surface area contributed by atoms with Crippen molar-refractivity contribution in [2.45, 2.75) is 4.90 Å². The van der Waals surface area contributed by atoms with Crippen molar-refractivity contribution in [1.29, 1.82) is 0 Å². The largest absolute Gasteiger partial charge is 0.399 e. The minimum Gasteiger partial charge on any atom is -0.399 e. The fourth-order valence-corrected chi connectivity index (χ4v) is 2.92. The van der Waals surface area contributed by atoms with Gasteiger partial charge in [-0.25, -0.2) is 13.1 Å². The Bertz CT molecular complexity index is 779. The van der Waals surface area contributed by atoms with E-state index in [1.54, 1.807) is 30.3 Å². The highest BCUT2D eigenvalue weighted by Gasteiger charge is 2.17. The molecular weight excluding hydrogens is 333 g/mol.